The van der Waals surface area contributed by atoms with Crippen molar-refractivity contribution in [1.82, 2.24) is 10.2 Å². The van der Waals surface area contributed by atoms with Crippen LogP contribution < -0.4 is 10.1 Å². The Morgan fingerprint density at radius 3 is 2.52 bits per heavy atom. The van der Waals surface area contributed by atoms with Crippen LogP contribution in [0.5, 0.6) is 5.75 Å². The van der Waals surface area contributed by atoms with Crippen molar-refractivity contribution in [3.8, 4) is 5.75 Å². The van der Waals surface area contributed by atoms with Crippen molar-refractivity contribution in [2.45, 2.75) is 26.2 Å². The van der Waals surface area contributed by atoms with E-state index in [0.717, 1.165) is 67.7 Å². The molecule has 1 amide bonds. The lowest BCUT2D eigenvalue weighted by Gasteiger charge is -2.21. The molecule has 2 saturated heterocycles. The summed E-state index contributed by atoms with van der Waals surface area (Å²) in [6.07, 6.45) is 2.76. The molecule has 1 aromatic rings. The highest BCUT2D eigenvalue weighted by Gasteiger charge is 2.31. The van der Waals surface area contributed by atoms with Gasteiger partial charge in [0.2, 0.25) is 5.91 Å². The van der Waals surface area contributed by atoms with Crippen molar-refractivity contribution < 1.29 is 9.53 Å². The van der Waals surface area contributed by atoms with Gasteiger partial charge in [-0.05, 0) is 61.9 Å². The lowest BCUT2D eigenvalue weighted by atomic mass is 9.92. The predicted octanol–water partition coefficient (Wildman–Crippen LogP) is 2.43. The Labute approximate surface area is 145 Å². The topological polar surface area (TPSA) is 41.6 Å². The average molecular weight is 339 g/mol. The average Bonchev–Trinajstić information content (AvgIpc) is 2.87. The van der Waals surface area contributed by atoms with Gasteiger partial charge >= 0.3 is 0 Å². The third-order valence-electron chi connectivity index (χ3n) is 5.20. The fraction of sp³-hybridized carbons (Fsp3) is 0.611. The number of amides is 1. The molecule has 128 valence electrons. The van der Waals surface area contributed by atoms with E-state index < -0.39 is 0 Å². The molecule has 0 unspecified atom stereocenters. The standard InChI is InChI=1S/C18H26N2O2.ClH/c1-13-3-4-14(9-17(13)22-2)10-18(21)20-7-5-15-11-19-12-16(15)6-8-20;/h3-4,9,15-16,19H,5-8,10-12H2,1-2H3;1H/t15-,16+;. The van der Waals surface area contributed by atoms with E-state index in [0.29, 0.717) is 6.42 Å². The SMILES string of the molecule is COc1cc(CC(=O)N2CC[C@@H]3CNC[C@@H]3CC2)ccc1C.Cl. The third kappa shape index (κ3) is 4.18. The normalized spacial score (nSPS) is 23.7. The molecule has 0 bridgehead atoms. The van der Waals surface area contributed by atoms with Crippen molar-refractivity contribution in [1.29, 1.82) is 0 Å². The molecule has 5 heteroatoms. The van der Waals surface area contributed by atoms with Crippen molar-refractivity contribution in [3.63, 3.8) is 0 Å². The van der Waals surface area contributed by atoms with Crippen LogP contribution in [0, 0.1) is 18.8 Å². The fourth-order valence-electron chi connectivity index (χ4n) is 3.73. The van der Waals surface area contributed by atoms with E-state index in [1.54, 1.807) is 7.11 Å². The Morgan fingerprint density at radius 1 is 1.26 bits per heavy atom. The largest absolute Gasteiger partial charge is 0.496 e. The molecule has 0 spiro atoms. The van der Waals surface area contributed by atoms with Gasteiger partial charge in [0, 0.05) is 13.1 Å². The Morgan fingerprint density at radius 2 is 1.91 bits per heavy atom. The maximum Gasteiger partial charge on any atom is 0.226 e. The van der Waals surface area contributed by atoms with Gasteiger partial charge in [-0.25, -0.2) is 0 Å². The van der Waals surface area contributed by atoms with E-state index in [-0.39, 0.29) is 18.3 Å². The number of carbonyl (C=O) groups excluding carboxylic acids is 1. The first-order chi connectivity index (χ1) is 10.7. The summed E-state index contributed by atoms with van der Waals surface area (Å²) in [4.78, 5) is 14.7. The number of carbonyl (C=O) groups is 1. The van der Waals surface area contributed by atoms with E-state index in [1.807, 2.05) is 25.1 Å². The van der Waals surface area contributed by atoms with E-state index in [2.05, 4.69) is 10.2 Å². The van der Waals surface area contributed by atoms with Crippen LogP contribution in [0.4, 0.5) is 0 Å². The summed E-state index contributed by atoms with van der Waals surface area (Å²) < 4.78 is 5.35. The highest BCUT2D eigenvalue weighted by Crippen LogP contribution is 2.27. The molecular formula is C18H27ClN2O2. The lowest BCUT2D eigenvalue weighted by Crippen LogP contribution is -2.33. The number of hydrogen-bond donors (Lipinski definition) is 1. The number of benzene rings is 1. The number of methoxy groups -OCH3 is 1. The van der Waals surface area contributed by atoms with E-state index in [9.17, 15) is 4.79 Å². The van der Waals surface area contributed by atoms with Gasteiger partial charge in [0.15, 0.2) is 0 Å². The van der Waals surface area contributed by atoms with Gasteiger partial charge in [-0.2, -0.15) is 0 Å². The number of aryl methyl sites for hydroxylation is 1. The summed E-state index contributed by atoms with van der Waals surface area (Å²) in [7, 11) is 1.68. The quantitative estimate of drug-likeness (QED) is 0.920. The Kier molecular flexibility index (Phi) is 6.31. The van der Waals surface area contributed by atoms with Crippen molar-refractivity contribution in [3.05, 3.63) is 29.3 Å². The molecule has 0 aromatic heterocycles. The van der Waals surface area contributed by atoms with Crippen LogP contribution in [-0.2, 0) is 11.2 Å². The van der Waals surface area contributed by atoms with Crippen LogP contribution in [0.1, 0.15) is 24.0 Å². The fourth-order valence-corrected chi connectivity index (χ4v) is 3.73. The third-order valence-corrected chi connectivity index (χ3v) is 5.20. The molecular weight excluding hydrogens is 312 g/mol. The minimum Gasteiger partial charge on any atom is -0.496 e. The van der Waals surface area contributed by atoms with Crippen LogP contribution in [0.25, 0.3) is 0 Å². The van der Waals surface area contributed by atoms with Crippen LogP contribution in [0.15, 0.2) is 18.2 Å². The summed E-state index contributed by atoms with van der Waals surface area (Å²) in [5, 5.41) is 3.48. The van der Waals surface area contributed by atoms with E-state index >= 15 is 0 Å². The highest BCUT2D eigenvalue weighted by molar-refractivity contribution is 5.85. The zero-order valence-corrected chi connectivity index (χ0v) is 14.8. The second-order valence-corrected chi connectivity index (χ2v) is 6.62. The van der Waals surface area contributed by atoms with Gasteiger partial charge in [-0.3, -0.25) is 4.79 Å². The summed E-state index contributed by atoms with van der Waals surface area (Å²) in [6, 6.07) is 6.05. The number of nitrogens with one attached hydrogen (secondary N) is 1. The van der Waals surface area contributed by atoms with Crippen molar-refractivity contribution in [2.24, 2.45) is 11.8 Å². The highest BCUT2D eigenvalue weighted by atomic mass is 35.5. The molecule has 2 aliphatic heterocycles. The maximum atomic E-state index is 12.6. The van der Waals surface area contributed by atoms with Crippen LogP contribution in [0.3, 0.4) is 0 Å². The molecule has 4 nitrogen and oxygen atoms in total. The van der Waals surface area contributed by atoms with Gasteiger partial charge < -0.3 is 15.0 Å². The van der Waals surface area contributed by atoms with Gasteiger partial charge in [-0.15, -0.1) is 12.4 Å². The summed E-state index contributed by atoms with van der Waals surface area (Å²) >= 11 is 0. The Hall–Kier alpha value is -1.26. The molecule has 2 aliphatic rings. The zero-order valence-electron chi connectivity index (χ0n) is 14.0. The smallest absolute Gasteiger partial charge is 0.226 e. The first kappa shape index (κ1) is 18.1. The second-order valence-electron chi connectivity index (χ2n) is 6.62. The Balaban J connectivity index is 0.00000192. The monoisotopic (exact) mass is 338 g/mol. The van der Waals surface area contributed by atoms with E-state index in [1.165, 1.54) is 0 Å². The lowest BCUT2D eigenvalue weighted by molar-refractivity contribution is -0.130. The van der Waals surface area contributed by atoms with Crippen LogP contribution in [-0.4, -0.2) is 44.1 Å². The van der Waals surface area contributed by atoms with Crippen LogP contribution >= 0.6 is 12.4 Å². The second kappa shape index (κ2) is 8.02. The predicted molar refractivity (Wildman–Crippen MR) is 94.3 cm³/mol. The summed E-state index contributed by atoms with van der Waals surface area (Å²) in [6.45, 7) is 6.09. The molecule has 3 rings (SSSR count). The first-order valence-electron chi connectivity index (χ1n) is 8.29. The molecule has 23 heavy (non-hydrogen) atoms. The number of ether oxygens (including phenoxy) is 1. The number of likely N-dealkylation sites (tertiary alicyclic amines) is 1. The summed E-state index contributed by atoms with van der Waals surface area (Å²) in [5.41, 5.74) is 2.15. The molecule has 0 aliphatic carbocycles. The molecule has 1 N–H and O–H groups in total. The minimum atomic E-state index is 0. The Bertz CT molecular complexity index is 536. The molecule has 2 fully saturated rings. The van der Waals surface area contributed by atoms with Gasteiger partial charge in [0.25, 0.3) is 0 Å². The molecule has 2 heterocycles. The molecule has 1 aromatic carbocycles. The maximum absolute atomic E-state index is 12.6. The zero-order chi connectivity index (χ0) is 15.5. The number of nitrogens with zero attached hydrogens (tertiary/aromatic N) is 1. The number of hydrogen-bond acceptors (Lipinski definition) is 3. The van der Waals surface area contributed by atoms with Crippen molar-refractivity contribution in [2.75, 3.05) is 33.3 Å². The van der Waals surface area contributed by atoms with Gasteiger partial charge in [-0.1, -0.05) is 12.1 Å². The van der Waals surface area contributed by atoms with Gasteiger partial charge in [0.05, 0.1) is 13.5 Å². The first-order valence-corrected chi connectivity index (χ1v) is 8.29. The minimum absolute atomic E-state index is 0. The van der Waals surface area contributed by atoms with Crippen LogP contribution in [0.2, 0.25) is 0 Å². The van der Waals surface area contributed by atoms with Gasteiger partial charge in [0.1, 0.15) is 5.75 Å². The number of halogens is 1. The summed E-state index contributed by atoms with van der Waals surface area (Å²) in [5.74, 6) is 2.63. The molecule has 2 atom stereocenters. The van der Waals surface area contributed by atoms with E-state index in [4.69, 9.17) is 4.74 Å². The number of rotatable bonds is 3. The number of fused-ring (bicyclic) bond motifs is 1. The van der Waals surface area contributed by atoms with Crippen molar-refractivity contribution >= 4 is 18.3 Å². The molecule has 0 saturated carbocycles. The molecule has 0 radical (unpaired) electrons.